The van der Waals surface area contributed by atoms with Gasteiger partial charge in [-0.3, -0.25) is 13.9 Å². The van der Waals surface area contributed by atoms with Gasteiger partial charge in [0.2, 0.25) is 5.95 Å². The van der Waals surface area contributed by atoms with Crippen LogP contribution in [-0.2, 0) is 23.4 Å². The molecule has 214 valence electrons. The van der Waals surface area contributed by atoms with E-state index in [9.17, 15) is 14.5 Å². The fourth-order valence-electron chi connectivity index (χ4n) is 4.20. The van der Waals surface area contributed by atoms with Gasteiger partial charge in [0.15, 0.2) is 16.7 Å². The molecular formula is C26H31ClN5O7P. The number of anilines is 1. The first-order valence-corrected chi connectivity index (χ1v) is 14.7. The molecule has 14 heteroatoms. The number of halogens is 1. The van der Waals surface area contributed by atoms with Crippen LogP contribution in [0.5, 0.6) is 5.75 Å². The van der Waals surface area contributed by atoms with Gasteiger partial charge in [0.05, 0.1) is 37.3 Å². The quantitative estimate of drug-likeness (QED) is 0.153. The van der Waals surface area contributed by atoms with Crippen LogP contribution in [0.2, 0.25) is 0 Å². The van der Waals surface area contributed by atoms with E-state index in [0.717, 1.165) is 0 Å². The average molecular weight is 592 g/mol. The van der Waals surface area contributed by atoms with Gasteiger partial charge in [0.1, 0.15) is 23.5 Å². The van der Waals surface area contributed by atoms with Gasteiger partial charge in [0, 0.05) is 0 Å². The minimum atomic E-state index is -3.98. The van der Waals surface area contributed by atoms with Crippen molar-refractivity contribution in [3.05, 3.63) is 42.9 Å². The van der Waals surface area contributed by atoms with Crippen LogP contribution >= 0.6 is 19.2 Å². The zero-order valence-corrected chi connectivity index (χ0v) is 24.1. The Labute approximate surface area is 236 Å². The molecule has 0 amide bonds. The standard InChI is InChI=1S/C26H31ClN5O7P/c1-5-11-26(27)21(33)20(38-24(26)32-15-30-19-12-29-25(28)31-22(19)32)13-36-40(35,39-18-9-7-6-8-10-18)14-17(4)23(34)37-16(2)3/h6-10,12,15-17,20-21,24,33H,13-14H2,1-4H3,(H2,28,29,31)/t17-,20-,21+,24-,26?,40+/m1/s1. The molecule has 3 N–H and O–H groups in total. The van der Waals surface area contributed by atoms with E-state index in [1.54, 1.807) is 58.0 Å². The van der Waals surface area contributed by atoms with Crippen molar-refractivity contribution in [1.82, 2.24) is 19.5 Å². The lowest BCUT2D eigenvalue weighted by Gasteiger charge is -2.26. The summed E-state index contributed by atoms with van der Waals surface area (Å²) in [5, 5.41) is 11.3. The molecule has 4 rings (SSSR count). The highest BCUT2D eigenvalue weighted by Crippen LogP contribution is 2.52. The third kappa shape index (κ3) is 6.40. The lowest BCUT2D eigenvalue weighted by atomic mass is 9.99. The van der Waals surface area contributed by atoms with Crippen molar-refractivity contribution in [2.75, 3.05) is 18.5 Å². The summed E-state index contributed by atoms with van der Waals surface area (Å²) in [6.07, 6.45) is -1.30. The number of nitrogen functional groups attached to an aromatic ring is 1. The number of hydrogen-bond donors (Lipinski definition) is 2. The van der Waals surface area contributed by atoms with Gasteiger partial charge in [-0.2, -0.15) is 4.98 Å². The molecule has 0 spiro atoms. The first kappa shape index (κ1) is 29.8. The number of aliphatic hydroxyl groups excluding tert-OH is 1. The smallest absolute Gasteiger partial charge is 0.380 e. The monoisotopic (exact) mass is 591 g/mol. The van der Waals surface area contributed by atoms with Crippen molar-refractivity contribution in [3.8, 4) is 17.6 Å². The van der Waals surface area contributed by atoms with Crippen molar-refractivity contribution < 1.29 is 33.0 Å². The second-order valence-electron chi connectivity index (χ2n) is 9.58. The van der Waals surface area contributed by atoms with Crippen LogP contribution in [0.1, 0.15) is 33.9 Å². The van der Waals surface area contributed by atoms with Gasteiger partial charge in [-0.05, 0) is 32.9 Å². The number of esters is 1. The maximum absolute atomic E-state index is 14.0. The van der Waals surface area contributed by atoms with Crippen molar-refractivity contribution in [1.29, 1.82) is 0 Å². The molecule has 0 bridgehead atoms. The molecule has 12 nitrogen and oxygen atoms in total. The highest BCUT2D eigenvalue weighted by molar-refractivity contribution is 7.54. The zero-order chi connectivity index (χ0) is 29.1. The van der Waals surface area contributed by atoms with E-state index in [-0.39, 0.29) is 24.0 Å². The molecule has 1 fully saturated rings. The SMILES string of the molecule is CC#CC1(Cl)[C@@H](O)[C@@H](CO[P@@](=O)(C[C@@H](C)C(=O)OC(C)C)Oc2ccccc2)O[C@H]1n1cnc2cnc(N)nc21. The number of hydrogen-bond acceptors (Lipinski definition) is 11. The number of fused-ring (bicyclic) bond motifs is 1. The zero-order valence-electron chi connectivity index (χ0n) is 22.4. The fraction of sp³-hybridized carbons (Fsp3) is 0.462. The molecule has 1 aliphatic rings. The summed E-state index contributed by atoms with van der Waals surface area (Å²) in [5.41, 5.74) is 6.52. The summed E-state index contributed by atoms with van der Waals surface area (Å²) in [4.78, 5) is 23.2. The normalized spacial score (nSPS) is 24.7. The van der Waals surface area contributed by atoms with E-state index in [1.807, 2.05) is 0 Å². The maximum Gasteiger partial charge on any atom is 0.380 e. The largest absolute Gasteiger partial charge is 0.463 e. The average Bonchev–Trinajstić information content (AvgIpc) is 3.41. The molecule has 0 radical (unpaired) electrons. The van der Waals surface area contributed by atoms with Crippen LogP contribution in [0.25, 0.3) is 11.2 Å². The number of ether oxygens (including phenoxy) is 2. The Balaban J connectivity index is 1.59. The molecular weight excluding hydrogens is 561 g/mol. The highest BCUT2D eigenvalue weighted by Gasteiger charge is 2.56. The topological polar surface area (TPSA) is 161 Å². The van der Waals surface area contributed by atoms with Gasteiger partial charge in [0.25, 0.3) is 0 Å². The number of rotatable bonds is 10. The Bertz CT molecular complexity index is 1460. The first-order chi connectivity index (χ1) is 19.0. The lowest BCUT2D eigenvalue weighted by molar-refractivity contribution is -0.151. The van der Waals surface area contributed by atoms with Crippen molar-refractivity contribution >= 4 is 42.3 Å². The molecule has 6 atom stereocenters. The molecule has 1 saturated heterocycles. The fourth-order valence-corrected chi connectivity index (χ4v) is 6.46. The van der Waals surface area contributed by atoms with E-state index in [2.05, 4.69) is 26.8 Å². The Kier molecular flexibility index (Phi) is 9.02. The van der Waals surface area contributed by atoms with E-state index >= 15 is 0 Å². The third-order valence-corrected chi connectivity index (χ3v) is 8.56. The number of para-hydroxylation sites is 1. The highest BCUT2D eigenvalue weighted by atomic mass is 35.5. The summed E-state index contributed by atoms with van der Waals surface area (Å²) in [6, 6.07) is 8.42. The molecule has 3 heterocycles. The second-order valence-corrected chi connectivity index (χ2v) is 12.2. The Morgan fingerprint density at radius 2 is 2.02 bits per heavy atom. The number of benzene rings is 1. The Morgan fingerprint density at radius 1 is 1.30 bits per heavy atom. The molecule has 0 saturated carbocycles. The van der Waals surface area contributed by atoms with Crippen molar-refractivity contribution in [2.45, 2.75) is 57.1 Å². The number of carbonyl (C=O) groups excluding carboxylic acids is 1. The van der Waals surface area contributed by atoms with E-state index in [0.29, 0.717) is 11.2 Å². The van der Waals surface area contributed by atoms with Gasteiger partial charge in [-0.1, -0.05) is 42.6 Å². The van der Waals surface area contributed by atoms with Crippen LogP contribution in [0.4, 0.5) is 5.95 Å². The van der Waals surface area contributed by atoms with Gasteiger partial charge < -0.3 is 24.8 Å². The summed E-state index contributed by atoms with van der Waals surface area (Å²) in [5.74, 6) is 4.50. The van der Waals surface area contributed by atoms with Crippen LogP contribution in [0.15, 0.2) is 42.9 Å². The Morgan fingerprint density at radius 3 is 2.70 bits per heavy atom. The molecule has 1 aromatic carbocycles. The molecule has 1 aliphatic heterocycles. The Hall–Kier alpha value is -3.20. The number of nitrogens with zero attached hydrogens (tertiary/aromatic N) is 4. The number of carbonyl (C=O) groups is 1. The van der Waals surface area contributed by atoms with E-state index < -0.39 is 49.4 Å². The number of imidazole rings is 1. The summed E-state index contributed by atoms with van der Waals surface area (Å²) in [6.45, 7) is 6.20. The molecule has 3 aromatic rings. The molecule has 0 aliphatic carbocycles. The summed E-state index contributed by atoms with van der Waals surface area (Å²) >= 11 is 6.88. The van der Waals surface area contributed by atoms with Gasteiger partial charge >= 0.3 is 13.6 Å². The molecule has 1 unspecified atom stereocenters. The van der Waals surface area contributed by atoms with Crippen molar-refractivity contribution in [2.24, 2.45) is 5.92 Å². The molecule has 2 aromatic heterocycles. The number of nitrogens with two attached hydrogens (primary N) is 1. The van der Waals surface area contributed by atoms with Crippen LogP contribution in [0.3, 0.4) is 0 Å². The van der Waals surface area contributed by atoms with Crippen LogP contribution < -0.4 is 10.3 Å². The second kappa shape index (κ2) is 12.1. The van der Waals surface area contributed by atoms with E-state index in [4.69, 9.17) is 35.9 Å². The first-order valence-electron chi connectivity index (χ1n) is 12.6. The predicted octanol–water partition coefficient (Wildman–Crippen LogP) is 3.54. The van der Waals surface area contributed by atoms with Crippen molar-refractivity contribution in [3.63, 3.8) is 0 Å². The van der Waals surface area contributed by atoms with Gasteiger partial charge in [-0.25, -0.2) is 14.5 Å². The molecule has 40 heavy (non-hydrogen) atoms. The van der Waals surface area contributed by atoms with E-state index in [1.165, 1.54) is 17.1 Å². The minimum absolute atomic E-state index is 0.0125. The number of aromatic nitrogens is 4. The van der Waals surface area contributed by atoms with Crippen LogP contribution in [-0.4, -0.2) is 66.5 Å². The maximum atomic E-state index is 14.0. The minimum Gasteiger partial charge on any atom is -0.463 e. The third-order valence-electron chi connectivity index (χ3n) is 6.02. The number of alkyl halides is 1. The summed E-state index contributed by atoms with van der Waals surface area (Å²) < 4.78 is 38.4. The lowest BCUT2D eigenvalue weighted by Crippen LogP contribution is -2.41. The van der Waals surface area contributed by atoms with Gasteiger partial charge in [-0.15, -0.1) is 5.92 Å². The summed E-state index contributed by atoms with van der Waals surface area (Å²) in [7, 11) is -3.98. The van der Waals surface area contributed by atoms with Crippen LogP contribution in [0, 0.1) is 17.8 Å². The predicted molar refractivity (Wildman–Crippen MR) is 148 cm³/mol. The number of aliphatic hydroxyl groups is 1.